The van der Waals surface area contributed by atoms with Crippen LogP contribution in [0.1, 0.15) is 18.5 Å². The summed E-state index contributed by atoms with van der Waals surface area (Å²) in [5.74, 6) is 0. The number of alkyl halides is 1. The van der Waals surface area contributed by atoms with E-state index in [0.29, 0.717) is 4.55 Å². The molecule has 1 aromatic carbocycles. The van der Waals surface area contributed by atoms with Crippen molar-refractivity contribution in [3.8, 4) is 0 Å². The zero-order chi connectivity index (χ0) is 10.6. The van der Waals surface area contributed by atoms with Crippen LogP contribution in [0.3, 0.4) is 0 Å². The number of carboxylic acid groups (broad SMARTS) is 1. The Balaban J connectivity index is 2.83. The fraction of sp³-hybridized carbons (Fsp3) is 0.300. The van der Waals surface area contributed by atoms with Gasteiger partial charge in [-0.25, -0.2) is 4.79 Å². The van der Waals surface area contributed by atoms with E-state index in [2.05, 4.69) is 22.6 Å². The summed E-state index contributed by atoms with van der Waals surface area (Å²) in [6.45, 7) is 1.89. The number of nitrogens with zero attached hydrogens (tertiary/aromatic N) is 1. The largest absolute Gasteiger partial charge is 0.465 e. The lowest BCUT2D eigenvalue weighted by Crippen LogP contribution is -2.30. The molecule has 4 heteroatoms. The predicted molar refractivity (Wildman–Crippen MR) is 63.6 cm³/mol. The zero-order valence-electron chi connectivity index (χ0n) is 7.85. The molecule has 1 N–H and O–H groups in total. The normalized spacial score (nSPS) is 12.1. The van der Waals surface area contributed by atoms with Gasteiger partial charge in [0.15, 0.2) is 0 Å². The van der Waals surface area contributed by atoms with E-state index in [1.807, 2.05) is 37.3 Å². The average Bonchev–Trinajstić information content (AvgIpc) is 2.19. The van der Waals surface area contributed by atoms with Crippen LogP contribution in [0, 0.1) is 0 Å². The molecule has 0 aromatic heterocycles. The molecule has 0 aliphatic rings. The summed E-state index contributed by atoms with van der Waals surface area (Å²) in [6.07, 6.45) is -0.879. The van der Waals surface area contributed by atoms with E-state index in [1.54, 1.807) is 0 Å². The van der Waals surface area contributed by atoms with Gasteiger partial charge in [0.05, 0.1) is 10.6 Å². The summed E-state index contributed by atoms with van der Waals surface area (Å²) in [5.41, 5.74) is 1.02. The summed E-state index contributed by atoms with van der Waals surface area (Å²) in [6, 6.07) is 9.54. The highest BCUT2D eigenvalue weighted by atomic mass is 127. The second kappa shape index (κ2) is 5.19. The van der Waals surface area contributed by atoms with Crippen molar-refractivity contribution in [2.45, 2.75) is 13.0 Å². The van der Waals surface area contributed by atoms with Crippen LogP contribution in [0.2, 0.25) is 0 Å². The zero-order valence-corrected chi connectivity index (χ0v) is 10.0. The van der Waals surface area contributed by atoms with Gasteiger partial charge in [0, 0.05) is 0 Å². The van der Waals surface area contributed by atoms with Crippen molar-refractivity contribution in [1.82, 2.24) is 4.90 Å². The van der Waals surface area contributed by atoms with E-state index >= 15 is 0 Å². The Labute approximate surface area is 96.9 Å². The first-order valence-corrected chi connectivity index (χ1v) is 5.80. The first-order chi connectivity index (χ1) is 6.66. The number of benzene rings is 1. The molecule has 1 amide bonds. The molecule has 0 fully saturated rings. The molecule has 0 radical (unpaired) electrons. The number of carbonyl (C=O) groups is 1. The fourth-order valence-electron chi connectivity index (χ4n) is 1.23. The van der Waals surface area contributed by atoms with Gasteiger partial charge in [-0.3, -0.25) is 4.90 Å². The molecule has 0 aliphatic heterocycles. The van der Waals surface area contributed by atoms with Crippen LogP contribution in [-0.4, -0.2) is 20.7 Å². The van der Waals surface area contributed by atoms with Gasteiger partial charge < -0.3 is 5.11 Å². The molecule has 1 rings (SSSR count). The minimum atomic E-state index is -0.879. The summed E-state index contributed by atoms with van der Waals surface area (Å²) < 4.78 is 0.475. The van der Waals surface area contributed by atoms with E-state index in [0.717, 1.165) is 5.56 Å². The third-order valence-electron chi connectivity index (χ3n) is 2.12. The van der Waals surface area contributed by atoms with Gasteiger partial charge in [0.25, 0.3) is 0 Å². The predicted octanol–water partition coefficient (Wildman–Crippen LogP) is 3.12. The fourth-order valence-corrected chi connectivity index (χ4v) is 2.11. The molecule has 14 heavy (non-hydrogen) atoms. The van der Waals surface area contributed by atoms with Gasteiger partial charge in [-0.1, -0.05) is 52.9 Å². The molecule has 0 saturated carbocycles. The maximum Gasteiger partial charge on any atom is 0.408 e. The Hall–Kier alpha value is -0.780. The number of rotatable bonds is 3. The maximum atomic E-state index is 10.9. The number of halogens is 1. The smallest absolute Gasteiger partial charge is 0.408 e. The molecule has 76 valence electrons. The highest BCUT2D eigenvalue weighted by Gasteiger charge is 2.18. The van der Waals surface area contributed by atoms with Gasteiger partial charge in [0.1, 0.15) is 0 Å². The number of hydrogen-bond acceptors (Lipinski definition) is 1. The molecule has 0 heterocycles. The van der Waals surface area contributed by atoms with Crippen LogP contribution in [0.5, 0.6) is 0 Å². The van der Waals surface area contributed by atoms with Crippen LogP contribution >= 0.6 is 22.6 Å². The first kappa shape index (κ1) is 11.3. The SMILES string of the molecule is C[C@H](c1ccccc1)N(CI)C(=O)O. The third-order valence-corrected chi connectivity index (χ3v) is 2.86. The second-order valence-electron chi connectivity index (χ2n) is 2.96. The molecule has 0 saturated heterocycles. The Morgan fingerprint density at radius 2 is 2.07 bits per heavy atom. The van der Waals surface area contributed by atoms with Crippen LogP contribution in [-0.2, 0) is 0 Å². The average molecular weight is 305 g/mol. The van der Waals surface area contributed by atoms with Crippen molar-refractivity contribution >= 4 is 28.7 Å². The van der Waals surface area contributed by atoms with Crippen molar-refractivity contribution < 1.29 is 9.90 Å². The van der Waals surface area contributed by atoms with E-state index in [1.165, 1.54) is 4.90 Å². The Morgan fingerprint density at radius 3 is 2.50 bits per heavy atom. The molecule has 3 nitrogen and oxygen atoms in total. The topological polar surface area (TPSA) is 40.5 Å². The Kier molecular flexibility index (Phi) is 4.19. The summed E-state index contributed by atoms with van der Waals surface area (Å²) in [5, 5.41) is 8.93. The number of amides is 1. The molecule has 1 aromatic rings. The first-order valence-electron chi connectivity index (χ1n) is 4.27. The summed E-state index contributed by atoms with van der Waals surface area (Å²) in [7, 11) is 0. The van der Waals surface area contributed by atoms with Gasteiger partial charge in [-0.2, -0.15) is 0 Å². The van der Waals surface area contributed by atoms with Crippen LogP contribution in [0.25, 0.3) is 0 Å². The molecule has 1 atom stereocenters. The van der Waals surface area contributed by atoms with Gasteiger partial charge >= 0.3 is 6.09 Å². The van der Waals surface area contributed by atoms with Crippen LogP contribution in [0.4, 0.5) is 4.79 Å². The van der Waals surface area contributed by atoms with Crippen LogP contribution < -0.4 is 0 Å². The van der Waals surface area contributed by atoms with Gasteiger partial charge in [-0.05, 0) is 12.5 Å². The van der Waals surface area contributed by atoms with Crippen molar-refractivity contribution in [2.75, 3.05) is 4.55 Å². The lowest BCUT2D eigenvalue weighted by Gasteiger charge is -2.24. The van der Waals surface area contributed by atoms with E-state index in [-0.39, 0.29) is 6.04 Å². The molecule has 0 aliphatic carbocycles. The summed E-state index contributed by atoms with van der Waals surface area (Å²) >= 11 is 2.05. The van der Waals surface area contributed by atoms with Crippen molar-refractivity contribution in [2.24, 2.45) is 0 Å². The van der Waals surface area contributed by atoms with Gasteiger partial charge in [-0.15, -0.1) is 0 Å². The quantitative estimate of drug-likeness (QED) is 0.529. The second-order valence-corrected chi connectivity index (χ2v) is 3.64. The summed E-state index contributed by atoms with van der Waals surface area (Å²) in [4.78, 5) is 12.3. The van der Waals surface area contributed by atoms with Crippen LogP contribution in [0.15, 0.2) is 30.3 Å². The lowest BCUT2D eigenvalue weighted by molar-refractivity contribution is 0.140. The van der Waals surface area contributed by atoms with Crippen molar-refractivity contribution in [3.63, 3.8) is 0 Å². The van der Waals surface area contributed by atoms with E-state index in [9.17, 15) is 4.79 Å². The Bertz CT molecular complexity index is 302. The number of hydrogen-bond donors (Lipinski definition) is 1. The highest BCUT2D eigenvalue weighted by Crippen LogP contribution is 2.20. The standard InChI is InChI=1S/C10H12INO2/c1-8(12(7-11)10(13)14)9-5-3-2-4-6-9/h2-6,8H,7H2,1H3,(H,13,14)/t8-/m1/s1. The van der Waals surface area contributed by atoms with E-state index < -0.39 is 6.09 Å². The minimum Gasteiger partial charge on any atom is -0.465 e. The minimum absolute atomic E-state index is 0.0920. The monoisotopic (exact) mass is 305 g/mol. The lowest BCUT2D eigenvalue weighted by atomic mass is 10.1. The van der Waals surface area contributed by atoms with E-state index in [4.69, 9.17) is 5.11 Å². The van der Waals surface area contributed by atoms with Crippen molar-refractivity contribution in [1.29, 1.82) is 0 Å². The highest BCUT2D eigenvalue weighted by molar-refractivity contribution is 14.1. The molecular weight excluding hydrogens is 293 g/mol. The molecular formula is C10H12INO2. The molecule has 0 bridgehead atoms. The molecule has 0 spiro atoms. The maximum absolute atomic E-state index is 10.9. The van der Waals surface area contributed by atoms with Gasteiger partial charge in [0.2, 0.25) is 0 Å². The molecule has 0 unspecified atom stereocenters. The third kappa shape index (κ3) is 2.60. The Morgan fingerprint density at radius 1 is 1.50 bits per heavy atom. The van der Waals surface area contributed by atoms with Crippen molar-refractivity contribution in [3.05, 3.63) is 35.9 Å².